The van der Waals surface area contributed by atoms with Crippen molar-refractivity contribution in [2.24, 2.45) is 5.92 Å². The molecule has 0 aliphatic carbocycles. The Labute approximate surface area is 71.1 Å². The number of rotatable bonds is 1. The summed E-state index contributed by atoms with van der Waals surface area (Å²) in [5.41, 5.74) is 0. The maximum absolute atomic E-state index is 3.95. The Morgan fingerprint density at radius 2 is 2.50 bits per heavy atom. The van der Waals surface area contributed by atoms with E-state index in [1.54, 1.807) is 0 Å². The highest BCUT2D eigenvalue weighted by Gasteiger charge is 2.26. The highest BCUT2D eigenvalue weighted by atomic mass is 15.6. The Bertz CT molecular complexity index is 269. The topological polar surface area (TPSA) is 55.6 Å². The molecule has 2 heterocycles. The van der Waals surface area contributed by atoms with Gasteiger partial charge in [-0.05, 0) is 22.8 Å². The van der Waals surface area contributed by atoms with Crippen molar-refractivity contribution in [1.82, 2.24) is 20.2 Å². The molecule has 0 bridgehead atoms. The first-order valence-corrected chi connectivity index (χ1v) is 4.34. The van der Waals surface area contributed by atoms with Gasteiger partial charge < -0.3 is 5.32 Å². The third-order valence-corrected chi connectivity index (χ3v) is 2.46. The van der Waals surface area contributed by atoms with Crippen molar-refractivity contribution in [2.45, 2.75) is 26.3 Å². The molecule has 0 saturated heterocycles. The largest absolute Gasteiger partial charge is 0.353 e. The van der Waals surface area contributed by atoms with Crippen LogP contribution in [0.25, 0.3) is 0 Å². The molecule has 1 aliphatic heterocycles. The van der Waals surface area contributed by atoms with Crippen LogP contribution in [0.4, 0.5) is 5.95 Å². The fourth-order valence-corrected chi connectivity index (χ4v) is 1.74. The molecule has 5 heteroatoms. The molecule has 2 rings (SSSR count). The minimum Gasteiger partial charge on any atom is -0.353 e. The summed E-state index contributed by atoms with van der Waals surface area (Å²) in [4.78, 5) is 0. The Hall–Kier alpha value is -1.13. The summed E-state index contributed by atoms with van der Waals surface area (Å²) in [6.45, 7) is 5.35. The number of nitrogens with one attached hydrogen (secondary N) is 1. The first-order chi connectivity index (χ1) is 5.83. The van der Waals surface area contributed by atoms with Crippen LogP contribution in [0.1, 0.15) is 26.3 Å². The monoisotopic (exact) mass is 167 g/mol. The summed E-state index contributed by atoms with van der Waals surface area (Å²) in [5.74, 6) is 1.41. The first-order valence-electron chi connectivity index (χ1n) is 4.34. The predicted octanol–water partition coefficient (Wildman–Crippen LogP) is 0.686. The van der Waals surface area contributed by atoms with E-state index in [9.17, 15) is 0 Å². The zero-order chi connectivity index (χ0) is 8.55. The molecule has 2 atom stereocenters. The van der Waals surface area contributed by atoms with Crippen LogP contribution in [-0.2, 0) is 0 Å². The van der Waals surface area contributed by atoms with Gasteiger partial charge in [-0.2, -0.15) is 0 Å². The van der Waals surface area contributed by atoms with Crippen LogP contribution in [0.5, 0.6) is 0 Å². The molecule has 66 valence electrons. The Kier molecular flexibility index (Phi) is 1.71. The molecule has 1 N–H and O–H groups in total. The van der Waals surface area contributed by atoms with Crippen LogP contribution >= 0.6 is 0 Å². The normalized spacial score (nSPS) is 27.8. The van der Waals surface area contributed by atoms with Crippen LogP contribution in [0.2, 0.25) is 0 Å². The second-order valence-corrected chi connectivity index (χ2v) is 3.28. The maximum atomic E-state index is 3.95. The number of anilines is 1. The van der Waals surface area contributed by atoms with Crippen molar-refractivity contribution in [1.29, 1.82) is 0 Å². The van der Waals surface area contributed by atoms with Gasteiger partial charge in [0.1, 0.15) is 0 Å². The highest BCUT2D eigenvalue weighted by Crippen LogP contribution is 2.27. The lowest BCUT2D eigenvalue weighted by molar-refractivity contribution is 0.307. The molecular weight excluding hydrogens is 154 g/mol. The van der Waals surface area contributed by atoms with E-state index in [4.69, 9.17) is 0 Å². The van der Waals surface area contributed by atoms with Gasteiger partial charge in [-0.3, -0.25) is 0 Å². The van der Waals surface area contributed by atoms with Crippen LogP contribution in [0.15, 0.2) is 0 Å². The average Bonchev–Trinajstić information content (AvgIpc) is 2.52. The van der Waals surface area contributed by atoms with Crippen molar-refractivity contribution in [2.75, 3.05) is 11.9 Å². The van der Waals surface area contributed by atoms with Crippen molar-refractivity contribution < 1.29 is 0 Å². The van der Waals surface area contributed by atoms with E-state index < -0.39 is 0 Å². The van der Waals surface area contributed by atoms with Gasteiger partial charge in [0.05, 0.1) is 6.04 Å². The van der Waals surface area contributed by atoms with Gasteiger partial charge >= 0.3 is 0 Å². The quantitative estimate of drug-likeness (QED) is 0.668. The lowest BCUT2D eigenvalue weighted by atomic mass is 9.98. The number of aromatic nitrogens is 4. The van der Waals surface area contributed by atoms with E-state index in [1.165, 1.54) is 0 Å². The number of fused-ring (bicyclic) bond motifs is 1. The molecule has 0 radical (unpaired) electrons. The van der Waals surface area contributed by atoms with Crippen molar-refractivity contribution in [3.05, 3.63) is 0 Å². The van der Waals surface area contributed by atoms with E-state index in [2.05, 4.69) is 34.7 Å². The molecule has 0 fully saturated rings. The van der Waals surface area contributed by atoms with Gasteiger partial charge in [0.15, 0.2) is 0 Å². The number of tetrazole rings is 1. The lowest BCUT2D eigenvalue weighted by Gasteiger charge is -2.28. The molecule has 0 spiro atoms. The molecule has 1 aromatic heterocycles. The van der Waals surface area contributed by atoms with Crippen molar-refractivity contribution in [3.63, 3.8) is 0 Å². The number of hydrogen-bond donors (Lipinski definition) is 1. The van der Waals surface area contributed by atoms with Gasteiger partial charge in [0.25, 0.3) is 0 Å². The van der Waals surface area contributed by atoms with Gasteiger partial charge in [0.2, 0.25) is 5.95 Å². The van der Waals surface area contributed by atoms with Crippen LogP contribution in [0, 0.1) is 5.92 Å². The van der Waals surface area contributed by atoms with E-state index in [1.807, 2.05) is 4.68 Å². The smallest absolute Gasteiger partial charge is 0.243 e. The second kappa shape index (κ2) is 2.73. The Balaban J connectivity index is 2.34. The van der Waals surface area contributed by atoms with Gasteiger partial charge in [-0.15, -0.1) is 0 Å². The van der Waals surface area contributed by atoms with Crippen LogP contribution in [0.3, 0.4) is 0 Å². The van der Waals surface area contributed by atoms with Crippen molar-refractivity contribution in [3.8, 4) is 0 Å². The number of hydrogen-bond acceptors (Lipinski definition) is 4. The molecule has 0 saturated carbocycles. The van der Waals surface area contributed by atoms with E-state index in [0.29, 0.717) is 12.0 Å². The molecule has 2 unspecified atom stereocenters. The number of nitrogens with zero attached hydrogens (tertiary/aromatic N) is 4. The van der Waals surface area contributed by atoms with E-state index >= 15 is 0 Å². The zero-order valence-electron chi connectivity index (χ0n) is 7.36. The fourth-order valence-electron chi connectivity index (χ4n) is 1.74. The average molecular weight is 167 g/mol. The maximum Gasteiger partial charge on any atom is 0.243 e. The summed E-state index contributed by atoms with van der Waals surface area (Å²) in [6, 6.07) is 0.455. The summed E-state index contributed by atoms with van der Waals surface area (Å²) >= 11 is 0. The Morgan fingerprint density at radius 3 is 3.25 bits per heavy atom. The van der Waals surface area contributed by atoms with E-state index in [0.717, 1.165) is 18.9 Å². The summed E-state index contributed by atoms with van der Waals surface area (Å²) in [5, 5.41) is 14.7. The molecule has 1 aromatic rings. The predicted molar refractivity (Wildman–Crippen MR) is 44.8 cm³/mol. The van der Waals surface area contributed by atoms with Crippen LogP contribution < -0.4 is 5.32 Å². The molecule has 0 amide bonds. The molecule has 5 nitrogen and oxygen atoms in total. The minimum atomic E-state index is 0.455. The molecule has 0 aromatic carbocycles. The van der Waals surface area contributed by atoms with Crippen molar-refractivity contribution >= 4 is 5.95 Å². The fraction of sp³-hybridized carbons (Fsp3) is 0.857. The first kappa shape index (κ1) is 7.52. The summed E-state index contributed by atoms with van der Waals surface area (Å²) < 4.78 is 1.88. The molecular formula is C7H13N5. The third-order valence-electron chi connectivity index (χ3n) is 2.46. The van der Waals surface area contributed by atoms with E-state index in [-0.39, 0.29) is 0 Å². The Morgan fingerprint density at radius 1 is 1.67 bits per heavy atom. The van der Waals surface area contributed by atoms with Gasteiger partial charge in [0, 0.05) is 6.54 Å². The standard InChI is InChI=1S/C7H13N5/c1-3-6-5(2)4-8-7-9-10-11-12(6)7/h5-6H,3-4H2,1-2H3,(H,8,9,11). The summed E-state index contributed by atoms with van der Waals surface area (Å²) in [7, 11) is 0. The minimum absolute atomic E-state index is 0.455. The zero-order valence-corrected chi connectivity index (χ0v) is 7.36. The SMILES string of the molecule is CCC1C(C)CNc2nnnn21. The molecule has 12 heavy (non-hydrogen) atoms. The summed E-state index contributed by atoms with van der Waals surface area (Å²) in [6.07, 6.45) is 1.08. The second-order valence-electron chi connectivity index (χ2n) is 3.28. The third kappa shape index (κ3) is 0.964. The van der Waals surface area contributed by atoms with Crippen LogP contribution in [-0.4, -0.2) is 26.8 Å². The lowest BCUT2D eigenvalue weighted by Crippen LogP contribution is -2.31. The van der Waals surface area contributed by atoms with Gasteiger partial charge in [-0.1, -0.05) is 18.9 Å². The highest BCUT2D eigenvalue weighted by molar-refractivity contribution is 5.25. The molecule has 1 aliphatic rings. The van der Waals surface area contributed by atoms with Gasteiger partial charge in [-0.25, -0.2) is 4.68 Å².